The van der Waals surface area contributed by atoms with Crippen LogP contribution in [-0.4, -0.2) is 36.4 Å². The molecule has 0 saturated heterocycles. The Bertz CT molecular complexity index is 1150. The van der Waals surface area contributed by atoms with Crippen LogP contribution in [0, 0.1) is 11.3 Å². The highest BCUT2D eigenvalue weighted by Crippen LogP contribution is 2.51. The Hall–Kier alpha value is -2.71. The lowest BCUT2D eigenvalue weighted by Gasteiger charge is -2.43. The van der Waals surface area contributed by atoms with Crippen molar-refractivity contribution in [1.29, 1.82) is 5.26 Å². The van der Waals surface area contributed by atoms with Crippen LogP contribution < -0.4 is 4.74 Å². The average Bonchev–Trinajstić information content (AvgIpc) is 3.49. The monoisotopic (exact) mass is 476 g/mol. The molecule has 0 aromatic heterocycles. The number of ether oxygens (including phenoxy) is 1. The molecule has 3 aliphatic rings. The van der Waals surface area contributed by atoms with Gasteiger partial charge in [-0.2, -0.15) is 5.26 Å². The number of alkyl halides is 2. The molecular weight excluding hydrogens is 442 g/mol. The van der Waals surface area contributed by atoms with Gasteiger partial charge in [-0.1, -0.05) is 36.8 Å². The van der Waals surface area contributed by atoms with Crippen molar-refractivity contribution in [2.24, 2.45) is 0 Å². The molecule has 5 heteroatoms. The number of nitriles is 1. The fraction of sp³-hybridized carbons (Fsp3) is 0.500. The largest absolute Gasteiger partial charge is 0.494 e. The summed E-state index contributed by atoms with van der Waals surface area (Å²) in [5.41, 5.74) is 5.75. The van der Waals surface area contributed by atoms with Crippen molar-refractivity contribution in [1.82, 2.24) is 4.90 Å². The molecule has 0 bridgehead atoms. The molecule has 1 fully saturated rings. The van der Waals surface area contributed by atoms with E-state index in [-0.39, 0.29) is 18.8 Å². The van der Waals surface area contributed by atoms with Gasteiger partial charge in [0.05, 0.1) is 31.0 Å². The topological polar surface area (TPSA) is 36.3 Å². The van der Waals surface area contributed by atoms with Crippen LogP contribution in [0.1, 0.15) is 80.2 Å². The van der Waals surface area contributed by atoms with Crippen LogP contribution in [0.25, 0.3) is 5.57 Å². The standard InChI is InChI=1S/C30H34F2N2O/c1-21-16-27-25-9-5-4-8-22(25)18-28(27)29(34(21)20-30(32)12-13-30)26-11-10-24(17-23(26)19-33)35-15-7-3-2-6-14-31/h4-5,8-11,17,21,29H,2-3,6-7,12-16,18,20H2,1H3/t21-,29-/m1/s1. The Labute approximate surface area is 207 Å². The molecule has 0 spiro atoms. The SMILES string of the molecule is C[C@@H]1CC2=C(Cc3ccccc32)[C@@H](c2ccc(OCCCCCCF)cc2C#N)N1CC1(F)CC1. The van der Waals surface area contributed by atoms with E-state index in [2.05, 4.69) is 42.2 Å². The molecule has 1 saturated carbocycles. The summed E-state index contributed by atoms with van der Waals surface area (Å²) < 4.78 is 33.3. The lowest BCUT2D eigenvalue weighted by atomic mass is 9.83. The summed E-state index contributed by atoms with van der Waals surface area (Å²) >= 11 is 0. The molecule has 0 unspecified atom stereocenters. The van der Waals surface area contributed by atoms with E-state index < -0.39 is 5.67 Å². The van der Waals surface area contributed by atoms with Gasteiger partial charge in [-0.15, -0.1) is 0 Å². The molecule has 2 aromatic rings. The first-order chi connectivity index (χ1) is 17.0. The fourth-order valence-corrected chi connectivity index (χ4v) is 5.76. The number of benzene rings is 2. The Morgan fingerprint density at radius 3 is 2.69 bits per heavy atom. The minimum atomic E-state index is -1.10. The van der Waals surface area contributed by atoms with Crippen LogP contribution in [0.3, 0.4) is 0 Å². The van der Waals surface area contributed by atoms with E-state index in [1.54, 1.807) is 0 Å². The summed E-state index contributed by atoms with van der Waals surface area (Å²) in [7, 11) is 0. The Balaban J connectivity index is 1.44. The fourth-order valence-electron chi connectivity index (χ4n) is 5.76. The zero-order chi connectivity index (χ0) is 24.4. The van der Waals surface area contributed by atoms with Crippen molar-refractivity contribution in [3.05, 3.63) is 70.3 Å². The predicted octanol–water partition coefficient (Wildman–Crippen LogP) is 7.11. The molecule has 35 heavy (non-hydrogen) atoms. The molecule has 0 N–H and O–H groups in total. The van der Waals surface area contributed by atoms with Gasteiger partial charge in [0.1, 0.15) is 11.4 Å². The van der Waals surface area contributed by atoms with Crippen LogP contribution in [-0.2, 0) is 6.42 Å². The van der Waals surface area contributed by atoms with Gasteiger partial charge in [0, 0.05) is 12.6 Å². The average molecular weight is 477 g/mol. The minimum absolute atomic E-state index is 0.112. The van der Waals surface area contributed by atoms with E-state index in [4.69, 9.17) is 4.74 Å². The zero-order valence-electron chi connectivity index (χ0n) is 20.5. The zero-order valence-corrected chi connectivity index (χ0v) is 20.5. The quantitative estimate of drug-likeness (QED) is 0.343. The molecule has 0 radical (unpaired) electrons. The van der Waals surface area contributed by atoms with E-state index >= 15 is 4.39 Å². The van der Waals surface area contributed by atoms with Gasteiger partial charge in [-0.05, 0) is 91.8 Å². The van der Waals surface area contributed by atoms with Gasteiger partial charge in [0.15, 0.2) is 0 Å². The molecule has 184 valence electrons. The van der Waals surface area contributed by atoms with Crippen LogP contribution in [0.15, 0.2) is 48.0 Å². The van der Waals surface area contributed by atoms with E-state index in [0.29, 0.717) is 43.7 Å². The third-order valence-electron chi connectivity index (χ3n) is 7.83. The van der Waals surface area contributed by atoms with Crippen molar-refractivity contribution in [2.45, 2.75) is 76.0 Å². The summed E-state index contributed by atoms with van der Waals surface area (Å²) in [6.45, 7) is 2.89. The summed E-state index contributed by atoms with van der Waals surface area (Å²) in [6, 6.07) is 16.8. The second-order valence-corrected chi connectivity index (χ2v) is 10.4. The van der Waals surface area contributed by atoms with Crippen LogP contribution in [0.4, 0.5) is 8.78 Å². The number of rotatable bonds is 10. The van der Waals surface area contributed by atoms with E-state index in [9.17, 15) is 9.65 Å². The molecular formula is C30H34F2N2O. The lowest BCUT2D eigenvalue weighted by Crippen LogP contribution is -2.45. The Morgan fingerprint density at radius 1 is 1.11 bits per heavy atom. The first-order valence-corrected chi connectivity index (χ1v) is 13.0. The van der Waals surface area contributed by atoms with Crippen molar-refractivity contribution in [3.63, 3.8) is 0 Å². The summed E-state index contributed by atoms with van der Waals surface area (Å²) in [5, 5.41) is 10.1. The van der Waals surface area contributed by atoms with Crippen molar-refractivity contribution >= 4 is 5.57 Å². The maximum absolute atomic E-state index is 15.1. The first kappa shape index (κ1) is 24.0. The summed E-state index contributed by atoms with van der Waals surface area (Å²) in [5.74, 6) is 0.680. The molecule has 1 aliphatic heterocycles. The highest BCUT2D eigenvalue weighted by atomic mass is 19.1. The second-order valence-electron chi connectivity index (χ2n) is 10.4. The van der Waals surface area contributed by atoms with Crippen LogP contribution in [0.5, 0.6) is 5.75 Å². The van der Waals surface area contributed by atoms with E-state index in [1.165, 1.54) is 22.3 Å². The third-order valence-corrected chi connectivity index (χ3v) is 7.83. The third kappa shape index (κ3) is 5.00. The molecule has 3 nitrogen and oxygen atoms in total. The smallest absolute Gasteiger partial charge is 0.124 e. The maximum Gasteiger partial charge on any atom is 0.124 e. The van der Waals surface area contributed by atoms with Gasteiger partial charge < -0.3 is 4.74 Å². The number of unbranched alkanes of at least 4 members (excludes halogenated alkanes) is 3. The number of halogens is 2. The Morgan fingerprint density at radius 2 is 1.91 bits per heavy atom. The van der Waals surface area contributed by atoms with Crippen molar-refractivity contribution < 1.29 is 13.5 Å². The van der Waals surface area contributed by atoms with Gasteiger partial charge in [0.2, 0.25) is 0 Å². The maximum atomic E-state index is 15.1. The summed E-state index contributed by atoms with van der Waals surface area (Å²) in [6.07, 6.45) is 6.27. The van der Waals surface area contributed by atoms with Gasteiger partial charge >= 0.3 is 0 Å². The number of hydrogen-bond acceptors (Lipinski definition) is 3. The lowest BCUT2D eigenvalue weighted by molar-refractivity contribution is 0.101. The minimum Gasteiger partial charge on any atom is -0.494 e. The van der Waals surface area contributed by atoms with Crippen LogP contribution in [0.2, 0.25) is 0 Å². The first-order valence-electron chi connectivity index (χ1n) is 13.0. The molecule has 5 rings (SSSR count). The van der Waals surface area contributed by atoms with Gasteiger partial charge in [-0.25, -0.2) is 4.39 Å². The predicted molar refractivity (Wildman–Crippen MR) is 135 cm³/mol. The number of hydrogen-bond donors (Lipinski definition) is 0. The van der Waals surface area contributed by atoms with Crippen LogP contribution >= 0.6 is 0 Å². The highest BCUT2D eigenvalue weighted by Gasteiger charge is 2.49. The molecule has 2 aliphatic carbocycles. The van der Waals surface area contributed by atoms with Crippen molar-refractivity contribution in [2.75, 3.05) is 19.8 Å². The van der Waals surface area contributed by atoms with Gasteiger partial charge in [0.25, 0.3) is 0 Å². The molecule has 2 atom stereocenters. The second kappa shape index (κ2) is 10.1. The molecule has 2 aromatic carbocycles. The Kier molecular flexibility index (Phi) is 6.93. The van der Waals surface area contributed by atoms with E-state index in [0.717, 1.165) is 37.7 Å². The molecule has 1 heterocycles. The van der Waals surface area contributed by atoms with E-state index in [1.807, 2.05) is 18.2 Å². The number of fused-ring (bicyclic) bond motifs is 2. The molecule has 0 amide bonds. The highest BCUT2D eigenvalue weighted by molar-refractivity contribution is 5.79. The number of nitrogens with zero attached hydrogens (tertiary/aromatic N) is 2. The summed E-state index contributed by atoms with van der Waals surface area (Å²) in [4.78, 5) is 2.30. The normalized spacial score (nSPS) is 22.5. The van der Waals surface area contributed by atoms with Crippen molar-refractivity contribution in [3.8, 4) is 11.8 Å². The van der Waals surface area contributed by atoms with Gasteiger partial charge in [-0.3, -0.25) is 9.29 Å².